The van der Waals surface area contributed by atoms with Crippen molar-refractivity contribution in [2.45, 2.75) is 53.6 Å². The van der Waals surface area contributed by atoms with Gasteiger partial charge in [0.2, 0.25) is 5.82 Å². The molecule has 2 N–H and O–H groups in total. The number of benzene rings is 1. The molecule has 1 aromatic carbocycles. The van der Waals surface area contributed by atoms with Crippen molar-refractivity contribution in [2.24, 2.45) is 5.92 Å². The fourth-order valence-corrected chi connectivity index (χ4v) is 3.52. The van der Waals surface area contributed by atoms with E-state index in [4.69, 9.17) is 14.4 Å². The maximum absolute atomic E-state index is 9.59. The topological polar surface area (TPSA) is 102 Å². The molecule has 0 aliphatic rings. The number of rotatable bonds is 9. The van der Waals surface area contributed by atoms with Crippen LogP contribution in [0.5, 0.6) is 5.75 Å². The van der Waals surface area contributed by atoms with E-state index in [-0.39, 0.29) is 13.2 Å². The van der Waals surface area contributed by atoms with E-state index in [0.717, 1.165) is 46.5 Å². The Morgan fingerprint density at radius 2 is 1.84 bits per heavy atom. The molecule has 0 aliphatic carbocycles. The minimum atomic E-state index is -0.910. The van der Waals surface area contributed by atoms with Gasteiger partial charge in [-0.2, -0.15) is 4.98 Å². The molecular weight excluding hydrogens is 394 g/mol. The number of hydrogen-bond donors (Lipinski definition) is 2. The number of pyridine rings is 1. The van der Waals surface area contributed by atoms with Crippen molar-refractivity contribution in [2.75, 3.05) is 13.2 Å². The quantitative estimate of drug-likeness (QED) is 0.536. The molecule has 166 valence electrons. The minimum absolute atomic E-state index is 0.0362. The molecule has 0 bridgehead atoms. The van der Waals surface area contributed by atoms with Gasteiger partial charge in [-0.1, -0.05) is 25.9 Å². The molecule has 0 saturated carbocycles. The van der Waals surface area contributed by atoms with E-state index in [9.17, 15) is 5.11 Å². The summed E-state index contributed by atoms with van der Waals surface area (Å²) < 4.78 is 11.3. The van der Waals surface area contributed by atoms with Crippen molar-refractivity contribution in [1.82, 2.24) is 15.1 Å². The molecule has 0 spiro atoms. The van der Waals surface area contributed by atoms with Crippen molar-refractivity contribution in [3.05, 3.63) is 46.8 Å². The fraction of sp³-hybridized carbons (Fsp3) is 0.458. The van der Waals surface area contributed by atoms with E-state index in [1.54, 1.807) is 0 Å². The van der Waals surface area contributed by atoms with Crippen LogP contribution in [0.2, 0.25) is 0 Å². The van der Waals surface area contributed by atoms with Gasteiger partial charge in [0.1, 0.15) is 18.5 Å². The monoisotopic (exact) mass is 425 g/mol. The Morgan fingerprint density at radius 1 is 1.06 bits per heavy atom. The first kappa shape index (κ1) is 22.9. The summed E-state index contributed by atoms with van der Waals surface area (Å²) in [6, 6.07) is 7.88. The van der Waals surface area contributed by atoms with Crippen molar-refractivity contribution in [1.29, 1.82) is 0 Å². The van der Waals surface area contributed by atoms with Crippen LogP contribution in [0, 0.1) is 19.8 Å². The van der Waals surface area contributed by atoms with Crippen LogP contribution in [0.3, 0.4) is 0 Å². The SMILES string of the molecule is CCc1cc(-c2nc(-c3cc(C)nc(CC(C)C)c3)no2)cc(C)c1OC[C@@H](O)CO. The van der Waals surface area contributed by atoms with Crippen LogP contribution in [0.25, 0.3) is 22.8 Å². The molecule has 1 atom stereocenters. The maximum atomic E-state index is 9.59. The summed E-state index contributed by atoms with van der Waals surface area (Å²) in [7, 11) is 0. The molecule has 0 unspecified atom stereocenters. The highest BCUT2D eigenvalue weighted by molar-refractivity contribution is 5.63. The van der Waals surface area contributed by atoms with Crippen LogP contribution < -0.4 is 4.74 Å². The summed E-state index contributed by atoms with van der Waals surface area (Å²) in [4.78, 5) is 9.24. The highest BCUT2D eigenvalue weighted by atomic mass is 16.5. The smallest absolute Gasteiger partial charge is 0.258 e. The molecule has 7 heteroatoms. The van der Waals surface area contributed by atoms with Crippen LogP contribution >= 0.6 is 0 Å². The zero-order valence-electron chi connectivity index (χ0n) is 18.8. The van der Waals surface area contributed by atoms with Crippen LogP contribution in [-0.4, -0.2) is 44.7 Å². The fourth-order valence-electron chi connectivity index (χ4n) is 3.52. The Balaban J connectivity index is 1.90. The van der Waals surface area contributed by atoms with Gasteiger partial charge in [-0.3, -0.25) is 4.98 Å². The van der Waals surface area contributed by atoms with Gasteiger partial charge in [0.15, 0.2) is 0 Å². The summed E-state index contributed by atoms with van der Waals surface area (Å²) in [6.07, 6.45) is 0.722. The molecule has 0 aliphatic heterocycles. The summed E-state index contributed by atoms with van der Waals surface area (Å²) in [6.45, 7) is 9.97. The molecule has 0 radical (unpaired) electrons. The van der Waals surface area contributed by atoms with Gasteiger partial charge in [0.05, 0.1) is 6.61 Å². The highest BCUT2D eigenvalue weighted by Crippen LogP contribution is 2.31. The molecule has 0 saturated heterocycles. The maximum Gasteiger partial charge on any atom is 0.258 e. The largest absolute Gasteiger partial charge is 0.490 e. The second-order valence-corrected chi connectivity index (χ2v) is 8.29. The summed E-state index contributed by atoms with van der Waals surface area (Å²) in [5, 5.41) is 22.8. The molecular formula is C24H31N3O4. The average Bonchev–Trinajstić information content (AvgIpc) is 3.21. The number of hydrogen-bond acceptors (Lipinski definition) is 7. The zero-order valence-corrected chi connectivity index (χ0v) is 18.8. The standard InChI is InChI=1S/C24H31N3O4/c1-6-17-10-19(8-15(4)22(17)30-13-21(29)12-28)24-26-23(27-31-24)18-9-16(5)25-20(11-18)7-14(2)3/h8-11,14,21,28-29H,6-7,12-13H2,1-5H3/t21-/m0/s1. The van der Waals surface area contributed by atoms with E-state index in [0.29, 0.717) is 23.4 Å². The van der Waals surface area contributed by atoms with Gasteiger partial charge in [0.25, 0.3) is 5.89 Å². The van der Waals surface area contributed by atoms with Gasteiger partial charge in [-0.25, -0.2) is 0 Å². The Kier molecular flexibility index (Phi) is 7.41. The predicted molar refractivity (Wildman–Crippen MR) is 119 cm³/mol. The van der Waals surface area contributed by atoms with Crippen LogP contribution in [0.4, 0.5) is 0 Å². The predicted octanol–water partition coefficient (Wildman–Crippen LogP) is 3.91. The van der Waals surface area contributed by atoms with E-state index < -0.39 is 6.10 Å². The number of aliphatic hydroxyl groups is 2. The number of aromatic nitrogens is 3. The molecule has 0 fully saturated rings. The highest BCUT2D eigenvalue weighted by Gasteiger charge is 2.17. The lowest BCUT2D eigenvalue weighted by Gasteiger charge is -2.16. The average molecular weight is 426 g/mol. The Labute approximate surface area is 183 Å². The number of ether oxygens (including phenoxy) is 1. The zero-order chi connectivity index (χ0) is 22.5. The molecule has 2 heterocycles. The lowest BCUT2D eigenvalue weighted by atomic mass is 10.0. The lowest BCUT2D eigenvalue weighted by Crippen LogP contribution is -2.22. The van der Waals surface area contributed by atoms with E-state index >= 15 is 0 Å². The first-order chi connectivity index (χ1) is 14.8. The Hall–Kier alpha value is -2.77. The molecule has 7 nitrogen and oxygen atoms in total. The number of aryl methyl sites for hydroxylation is 3. The molecule has 2 aromatic heterocycles. The number of nitrogens with zero attached hydrogens (tertiary/aromatic N) is 3. The van der Waals surface area contributed by atoms with E-state index in [1.165, 1.54) is 0 Å². The first-order valence-electron chi connectivity index (χ1n) is 10.7. The summed E-state index contributed by atoms with van der Waals surface area (Å²) in [5.41, 5.74) is 5.53. The summed E-state index contributed by atoms with van der Waals surface area (Å²) in [5.74, 6) is 2.20. The Morgan fingerprint density at radius 3 is 2.52 bits per heavy atom. The van der Waals surface area contributed by atoms with Gasteiger partial charge in [-0.05, 0) is 68.0 Å². The van der Waals surface area contributed by atoms with Gasteiger partial charge >= 0.3 is 0 Å². The van der Waals surface area contributed by atoms with Gasteiger partial charge < -0.3 is 19.5 Å². The molecule has 3 rings (SSSR count). The van der Waals surface area contributed by atoms with Crippen LogP contribution in [0.1, 0.15) is 43.3 Å². The van der Waals surface area contributed by atoms with Gasteiger partial charge in [-0.15, -0.1) is 0 Å². The van der Waals surface area contributed by atoms with Crippen LogP contribution in [-0.2, 0) is 12.8 Å². The van der Waals surface area contributed by atoms with Crippen molar-refractivity contribution in [3.63, 3.8) is 0 Å². The lowest BCUT2D eigenvalue weighted by molar-refractivity contribution is 0.0531. The number of aliphatic hydroxyl groups excluding tert-OH is 2. The first-order valence-corrected chi connectivity index (χ1v) is 10.7. The second-order valence-electron chi connectivity index (χ2n) is 8.29. The van der Waals surface area contributed by atoms with Gasteiger partial charge in [0, 0.05) is 22.5 Å². The summed E-state index contributed by atoms with van der Waals surface area (Å²) >= 11 is 0. The van der Waals surface area contributed by atoms with Crippen molar-refractivity contribution >= 4 is 0 Å². The minimum Gasteiger partial charge on any atom is -0.490 e. The molecule has 3 aromatic rings. The molecule has 0 amide bonds. The normalized spacial score (nSPS) is 12.4. The Bertz CT molecular complexity index is 1030. The molecule has 31 heavy (non-hydrogen) atoms. The van der Waals surface area contributed by atoms with E-state index in [1.807, 2.05) is 45.0 Å². The third-order valence-electron chi connectivity index (χ3n) is 4.92. The van der Waals surface area contributed by atoms with Crippen molar-refractivity contribution < 1.29 is 19.5 Å². The van der Waals surface area contributed by atoms with E-state index in [2.05, 4.69) is 29.0 Å². The van der Waals surface area contributed by atoms with Crippen LogP contribution in [0.15, 0.2) is 28.8 Å². The van der Waals surface area contributed by atoms with Crippen molar-refractivity contribution in [3.8, 4) is 28.6 Å². The second kappa shape index (κ2) is 10.0. The third-order valence-corrected chi connectivity index (χ3v) is 4.92. The third kappa shape index (κ3) is 5.68.